The fraction of sp³-hybridized carbons (Fsp3) is 0.312. The Morgan fingerprint density at radius 1 is 1.17 bits per heavy atom. The third-order valence-electron chi connectivity index (χ3n) is 4.02. The van der Waals surface area contributed by atoms with E-state index < -0.39 is 11.9 Å². The molecule has 24 heavy (non-hydrogen) atoms. The van der Waals surface area contributed by atoms with Gasteiger partial charge in [-0.2, -0.15) is 5.10 Å². The minimum Gasteiger partial charge on any atom is -0.478 e. The Morgan fingerprint density at radius 3 is 2.46 bits per heavy atom. The molecule has 1 aliphatic heterocycles. The van der Waals surface area contributed by atoms with Gasteiger partial charge in [0.25, 0.3) is 5.91 Å². The molecule has 0 radical (unpaired) electrons. The molecule has 0 spiro atoms. The van der Waals surface area contributed by atoms with Crippen LogP contribution in [0.25, 0.3) is 0 Å². The van der Waals surface area contributed by atoms with Crippen LogP contribution in [0.4, 0.5) is 10.1 Å². The van der Waals surface area contributed by atoms with Gasteiger partial charge in [-0.25, -0.2) is 9.18 Å². The number of aryl methyl sites for hydroxylation is 1. The highest BCUT2D eigenvalue weighted by Crippen LogP contribution is 2.21. The van der Waals surface area contributed by atoms with Gasteiger partial charge in [-0.15, -0.1) is 0 Å². The highest BCUT2D eigenvalue weighted by Gasteiger charge is 2.28. The Labute approximate surface area is 137 Å². The lowest BCUT2D eigenvalue weighted by Gasteiger charge is -2.36. The molecule has 2 heterocycles. The number of para-hydroxylation sites is 1. The van der Waals surface area contributed by atoms with Crippen molar-refractivity contribution in [2.24, 2.45) is 7.05 Å². The molecule has 0 aliphatic carbocycles. The first-order valence-corrected chi connectivity index (χ1v) is 7.53. The summed E-state index contributed by atoms with van der Waals surface area (Å²) >= 11 is 0. The standard InChI is InChI=1S/C16H17FN4O3/c1-19-10-11(16(23)24)14(18-19)15(22)21-8-6-20(7-9-21)13-5-3-2-4-12(13)17/h2-5,10H,6-9H2,1H3,(H,23,24). The number of carboxylic acid groups (broad SMARTS) is 1. The monoisotopic (exact) mass is 332 g/mol. The Morgan fingerprint density at radius 2 is 1.83 bits per heavy atom. The molecule has 7 nitrogen and oxygen atoms in total. The zero-order chi connectivity index (χ0) is 17.3. The van der Waals surface area contributed by atoms with Crippen LogP contribution in [0.3, 0.4) is 0 Å². The summed E-state index contributed by atoms with van der Waals surface area (Å²) in [5, 5.41) is 13.1. The molecular formula is C16H17FN4O3. The quantitative estimate of drug-likeness (QED) is 0.914. The van der Waals surface area contributed by atoms with E-state index in [1.54, 1.807) is 30.1 Å². The van der Waals surface area contributed by atoms with E-state index in [1.165, 1.54) is 16.9 Å². The van der Waals surface area contributed by atoms with Crippen molar-refractivity contribution in [1.29, 1.82) is 0 Å². The number of carboxylic acids is 1. The van der Waals surface area contributed by atoms with Gasteiger partial charge in [0.1, 0.15) is 11.4 Å². The maximum Gasteiger partial charge on any atom is 0.339 e. The van der Waals surface area contributed by atoms with Gasteiger partial charge in [-0.05, 0) is 12.1 Å². The molecule has 1 fully saturated rings. The van der Waals surface area contributed by atoms with Crippen LogP contribution < -0.4 is 4.90 Å². The van der Waals surface area contributed by atoms with E-state index in [-0.39, 0.29) is 17.1 Å². The van der Waals surface area contributed by atoms with E-state index in [4.69, 9.17) is 0 Å². The van der Waals surface area contributed by atoms with Crippen LogP contribution in [0.5, 0.6) is 0 Å². The average molecular weight is 332 g/mol. The van der Waals surface area contributed by atoms with E-state index in [1.807, 2.05) is 4.90 Å². The van der Waals surface area contributed by atoms with Crippen molar-refractivity contribution >= 4 is 17.6 Å². The second kappa shape index (κ2) is 6.31. The summed E-state index contributed by atoms with van der Waals surface area (Å²) in [5.74, 6) is -1.90. The van der Waals surface area contributed by atoms with Crippen LogP contribution in [-0.4, -0.2) is 57.8 Å². The topological polar surface area (TPSA) is 78.7 Å². The van der Waals surface area contributed by atoms with Gasteiger partial charge in [-0.1, -0.05) is 12.1 Å². The number of benzene rings is 1. The number of hydrogen-bond donors (Lipinski definition) is 1. The lowest BCUT2D eigenvalue weighted by molar-refractivity contribution is 0.0671. The number of piperazine rings is 1. The van der Waals surface area contributed by atoms with Gasteiger partial charge in [0.05, 0.1) is 5.69 Å². The molecule has 0 unspecified atom stereocenters. The van der Waals surface area contributed by atoms with Crippen LogP contribution >= 0.6 is 0 Å². The maximum atomic E-state index is 13.8. The number of rotatable bonds is 3. The summed E-state index contributed by atoms with van der Waals surface area (Å²) in [7, 11) is 1.57. The molecule has 0 saturated carbocycles. The lowest BCUT2D eigenvalue weighted by Crippen LogP contribution is -2.49. The minimum atomic E-state index is -1.18. The molecule has 2 aromatic rings. The predicted octanol–water partition coefficient (Wildman–Crippen LogP) is 1.22. The normalized spacial score (nSPS) is 14.8. The SMILES string of the molecule is Cn1cc(C(=O)O)c(C(=O)N2CCN(c3ccccc3F)CC2)n1. The summed E-state index contributed by atoms with van der Waals surface area (Å²) in [5.41, 5.74) is 0.331. The number of anilines is 1. The first kappa shape index (κ1) is 16.0. The Hall–Kier alpha value is -2.90. The number of amides is 1. The van der Waals surface area contributed by atoms with Crippen LogP contribution in [0.1, 0.15) is 20.8 Å². The average Bonchev–Trinajstić information content (AvgIpc) is 2.97. The number of aromatic nitrogens is 2. The maximum absolute atomic E-state index is 13.8. The number of hydrogen-bond acceptors (Lipinski definition) is 4. The fourth-order valence-electron chi connectivity index (χ4n) is 2.81. The van der Waals surface area contributed by atoms with Gasteiger partial charge in [0.2, 0.25) is 0 Å². The van der Waals surface area contributed by atoms with Crippen LogP contribution in [0.15, 0.2) is 30.5 Å². The van der Waals surface area contributed by atoms with E-state index in [0.29, 0.717) is 31.9 Å². The molecule has 126 valence electrons. The van der Waals surface area contributed by atoms with E-state index >= 15 is 0 Å². The first-order chi connectivity index (χ1) is 11.5. The van der Waals surface area contributed by atoms with Crippen LogP contribution in [0.2, 0.25) is 0 Å². The number of halogens is 1. The van der Waals surface area contributed by atoms with Gasteiger partial charge in [0.15, 0.2) is 5.69 Å². The van der Waals surface area contributed by atoms with Gasteiger partial charge in [-0.3, -0.25) is 9.48 Å². The third kappa shape index (κ3) is 2.94. The summed E-state index contributed by atoms with van der Waals surface area (Å²) in [6.45, 7) is 1.70. The second-order valence-electron chi connectivity index (χ2n) is 5.60. The smallest absolute Gasteiger partial charge is 0.339 e. The van der Waals surface area contributed by atoms with Crippen molar-refractivity contribution in [2.75, 3.05) is 31.1 Å². The van der Waals surface area contributed by atoms with Crippen molar-refractivity contribution < 1.29 is 19.1 Å². The van der Waals surface area contributed by atoms with Gasteiger partial charge < -0.3 is 14.9 Å². The molecule has 3 rings (SSSR count). The molecule has 1 amide bonds. The summed E-state index contributed by atoms with van der Waals surface area (Å²) in [6, 6.07) is 6.50. The molecule has 1 saturated heterocycles. The highest BCUT2D eigenvalue weighted by molar-refractivity contribution is 6.03. The molecule has 1 aliphatic rings. The molecular weight excluding hydrogens is 315 g/mol. The van der Waals surface area contributed by atoms with Gasteiger partial charge >= 0.3 is 5.97 Å². The minimum absolute atomic E-state index is 0.0654. The zero-order valence-electron chi connectivity index (χ0n) is 13.1. The predicted molar refractivity (Wildman–Crippen MR) is 84.7 cm³/mol. The summed E-state index contributed by atoms with van der Waals surface area (Å²) in [4.78, 5) is 27.2. The highest BCUT2D eigenvalue weighted by atomic mass is 19.1. The molecule has 0 atom stereocenters. The molecule has 1 aromatic carbocycles. The molecule has 8 heteroatoms. The van der Waals surface area contributed by atoms with Crippen LogP contribution in [-0.2, 0) is 7.05 Å². The molecule has 1 aromatic heterocycles. The second-order valence-corrected chi connectivity index (χ2v) is 5.60. The summed E-state index contributed by atoms with van der Waals surface area (Å²) in [6.07, 6.45) is 1.31. The van der Waals surface area contributed by atoms with Crippen molar-refractivity contribution in [3.8, 4) is 0 Å². The van der Waals surface area contributed by atoms with Crippen molar-refractivity contribution in [3.05, 3.63) is 47.5 Å². The van der Waals surface area contributed by atoms with Crippen molar-refractivity contribution in [2.45, 2.75) is 0 Å². The molecule has 0 bridgehead atoms. The van der Waals surface area contributed by atoms with E-state index in [0.717, 1.165) is 0 Å². The fourth-order valence-corrected chi connectivity index (χ4v) is 2.81. The Kier molecular flexibility index (Phi) is 4.20. The van der Waals surface area contributed by atoms with Crippen LogP contribution in [0, 0.1) is 5.82 Å². The van der Waals surface area contributed by atoms with Crippen molar-refractivity contribution in [1.82, 2.24) is 14.7 Å². The van der Waals surface area contributed by atoms with E-state index in [2.05, 4.69) is 5.10 Å². The lowest BCUT2D eigenvalue weighted by atomic mass is 10.2. The number of carbonyl (C=O) groups is 2. The number of aromatic carboxylic acids is 1. The van der Waals surface area contributed by atoms with Crippen molar-refractivity contribution in [3.63, 3.8) is 0 Å². The number of nitrogens with zero attached hydrogens (tertiary/aromatic N) is 4. The Bertz CT molecular complexity index is 781. The van der Waals surface area contributed by atoms with E-state index in [9.17, 15) is 19.1 Å². The first-order valence-electron chi connectivity index (χ1n) is 7.53. The zero-order valence-corrected chi connectivity index (χ0v) is 13.1. The summed E-state index contributed by atoms with van der Waals surface area (Å²) < 4.78 is 15.2. The largest absolute Gasteiger partial charge is 0.478 e. The third-order valence-corrected chi connectivity index (χ3v) is 4.02. The molecule has 1 N–H and O–H groups in total. The van der Waals surface area contributed by atoms with Gasteiger partial charge in [0, 0.05) is 39.4 Å². The Balaban J connectivity index is 1.72. The number of carbonyl (C=O) groups excluding carboxylic acids is 1.